The standard InChI is InChI=1S/C14H20BrN3O4/c1-21-12-4-2-5-17(10-12)6-3-7-22-14-13(18(19)20)8-11(15)9-16-14/h8-9,12H,2-7,10H2,1H3. The molecule has 1 aliphatic rings. The summed E-state index contributed by atoms with van der Waals surface area (Å²) in [6.45, 7) is 3.30. The molecule has 1 aromatic rings. The second-order valence-electron chi connectivity index (χ2n) is 5.24. The Bertz CT molecular complexity index is 515. The molecule has 0 spiro atoms. The van der Waals surface area contributed by atoms with E-state index in [0.29, 0.717) is 17.2 Å². The Morgan fingerprint density at radius 2 is 2.41 bits per heavy atom. The van der Waals surface area contributed by atoms with Crippen LogP contribution in [0.25, 0.3) is 0 Å². The summed E-state index contributed by atoms with van der Waals surface area (Å²) in [5.74, 6) is 0.0709. The topological polar surface area (TPSA) is 77.7 Å². The molecule has 1 atom stereocenters. The molecule has 0 amide bonds. The van der Waals surface area contributed by atoms with E-state index in [2.05, 4.69) is 25.8 Å². The SMILES string of the molecule is COC1CCCN(CCCOc2ncc(Br)cc2[N+](=O)[O-])C1. The van der Waals surface area contributed by atoms with Gasteiger partial charge < -0.3 is 14.4 Å². The van der Waals surface area contributed by atoms with E-state index in [-0.39, 0.29) is 11.6 Å². The number of nitro groups is 1. The number of hydrogen-bond acceptors (Lipinski definition) is 6. The number of piperidine rings is 1. The summed E-state index contributed by atoms with van der Waals surface area (Å²) in [6, 6.07) is 1.40. The van der Waals surface area contributed by atoms with Crippen molar-refractivity contribution < 1.29 is 14.4 Å². The lowest BCUT2D eigenvalue weighted by Gasteiger charge is -2.31. The second kappa shape index (κ2) is 8.40. The average molecular weight is 374 g/mol. The minimum atomic E-state index is -0.485. The van der Waals surface area contributed by atoms with Gasteiger partial charge in [0.05, 0.1) is 17.6 Å². The predicted molar refractivity (Wildman–Crippen MR) is 85.2 cm³/mol. The van der Waals surface area contributed by atoms with Crippen molar-refractivity contribution in [2.24, 2.45) is 0 Å². The van der Waals surface area contributed by atoms with Gasteiger partial charge >= 0.3 is 5.69 Å². The summed E-state index contributed by atoms with van der Waals surface area (Å²) in [4.78, 5) is 16.8. The molecule has 1 unspecified atom stereocenters. The quantitative estimate of drug-likeness (QED) is 0.415. The number of nitrogens with zero attached hydrogens (tertiary/aromatic N) is 3. The van der Waals surface area contributed by atoms with E-state index in [1.54, 1.807) is 7.11 Å². The van der Waals surface area contributed by atoms with Crippen molar-refractivity contribution in [2.75, 3.05) is 33.4 Å². The minimum absolute atomic E-state index is 0.0709. The van der Waals surface area contributed by atoms with Crippen molar-refractivity contribution in [3.05, 3.63) is 26.9 Å². The van der Waals surface area contributed by atoms with Crippen LogP contribution in [-0.4, -0.2) is 54.3 Å². The molecular formula is C14H20BrN3O4. The number of likely N-dealkylation sites (tertiary alicyclic amines) is 1. The molecule has 0 radical (unpaired) electrons. The van der Waals surface area contributed by atoms with Gasteiger partial charge in [-0.15, -0.1) is 0 Å². The summed E-state index contributed by atoms with van der Waals surface area (Å²) in [7, 11) is 1.75. The summed E-state index contributed by atoms with van der Waals surface area (Å²) in [5.41, 5.74) is -0.119. The summed E-state index contributed by atoms with van der Waals surface area (Å²) < 4.78 is 11.4. The van der Waals surface area contributed by atoms with Gasteiger partial charge in [-0.3, -0.25) is 10.1 Å². The highest BCUT2D eigenvalue weighted by Crippen LogP contribution is 2.27. The Labute approximate surface area is 137 Å². The van der Waals surface area contributed by atoms with Gasteiger partial charge in [-0.1, -0.05) is 0 Å². The first-order chi connectivity index (χ1) is 10.6. The van der Waals surface area contributed by atoms with E-state index >= 15 is 0 Å². The van der Waals surface area contributed by atoms with Crippen LogP contribution in [0.1, 0.15) is 19.3 Å². The zero-order valence-electron chi connectivity index (χ0n) is 12.5. The molecule has 7 nitrogen and oxygen atoms in total. The number of ether oxygens (including phenoxy) is 2. The van der Waals surface area contributed by atoms with Crippen LogP contribution in [0.3, 0.4) is 0 Å². The van der Waals surface area contributed by atoms with Gasteiger partial charge in [0.25, 0.3) is 5.88 Å². The molecular weight excluding hydrogens is 354 g/mol. The van der Waals surface area contributed by atoms with E-state index in [4.69, 9.17) is 9.47 Å². The maximum absolute atomic E-state index is 11.0. The van der Waals surface area contributed by atoms with Crippen molar-refractivity contribution in [1.29, 1.82) is 0 Å². The molecule has 1 aromatic heterocycles. The Kier molecular flexibility index (Phi) is 6.53. The largest absolute Gasteiger partial charge is 0.473 e. The first-order valence-corrected chi connectivity index (χ1v) is 8.07. The molecule has 0 saturated carbocycles. The van der Waals surface area contributed by atoms with Crippen LogP contribution >= 0.6 is 15.9 Å². The highest BCUT2D eigenvalue weighted by Gasteiger charge is 2.20. The van der Waals surface area contributed by atoms with Gasteiger partial charge in [0.15, 0.2) is 0 Å². The fraction of sp³-hybridized carbons (Fsp3) is 0.643. The summed E-state index contributed by atoms with van der Waals surface area (Å²) in [5, 5.41) is 11.0. The maximum atomic E-state index is 11.0. The number of pyridine rings is 1. The van der Waals surface area contributed by atoms with E-state index in [0.717, 1.165) is 38.9 Å². The number of methoxy groups -OCH3 is 1. The third-order valence-corrected chi connectivity index (χ3v) is 4.08. The number of aromatic nitrogens is 1. The smallest absolute Gasteiger partial charge is 0.332 e. The van der Waals surface area contributed by atoms with Gasteiger partial charge in [-0.25, -0.2) is 4.98 Å². The van der Waals surface area contributed by atoms with Crippen LogP contribution in [0.2, 0.25) is 0 Å². The molecule has 1 aliphatic heterocycles. The van der Waals surface area contributed by atoms with Crippen LogP contribution in [0, 0.1) is 10.1 Å². The summed E-state index contributed by atoms with van der Waals surface area (Å²) in [6.07, 6.45) is 4.85. The van der Waals surface area contributed by atoms with Crippen molar-refractivity contribution in [2.45, 2.75) is 25.4 Å². The van der Waals surface area contributed by atoms with Crippen molar-refractivity contribution >= 4 is 21.6 Å². The third kappa shape index (κ3) is 4.89. The van der Waals surface area contributed by atoms with Crippen LogP contribution in [0.4, 0.5) is 5.69 Å². The lowest BCUT2D eigenvalue weighted by molar-refractivity contribution is -0.386. The number of rotatable bonds is 7. The van der Waals surface area contributed by atoms with Crippen LogP contribution in [0.15, 0.2) is 16.7 Å². The Balaban J connectivity index is 1.78. The van der Waals surface area contributed by atoms with Crippen molar-refractivity contribution in [1.82, 2.24) is 9.88 Å². The zero-order chi connectivity index (χ0) is 15.9. The van der Waals surface area contributed by atoms with E-state index in [1.165, 1.54) is 12.3 Å². The lowest BCUT2D eigenvalue weighted by Crippen LogP contribution is -2.40. The number of halogens is 1. The fourth-order valence-electron chi connectivity index (χ4n) is 2.52. The molecule has 0 aromatic carbocycles. The van der Waals surface area contributed by atoms with E-state index < -0.39 is 4.92 Å². The maximum Gasteiger partial charge on any atom is 0.332 e. The molecule has 1 fully saturated rings. The van der Waals surface area contributed by atoms with Crippen LogP contribution in [0.5, 0.6) is 5.88 Å². The van der Waals surface area contributed by atoms with Gasteiger partial charge in [0.1, 0.15) is 0 Å². The molecule has 0 aliphatic carbocycles. The third-order valence-electron chi connectivity index (χ3n) is 3.65. The second-order valence-corrected chi connectivity index (χ2v) is 6.15. The normalized spacial score (nSPS) is 19.1. The molecule has 122 valence electrons. The first kappa shape index (κ1) is 17.1. The average Bonchev–Trinajstić information content (AvgIpc) is 2.52. The van der Waals surface area contributed by atoms with Crippen LogP contribution < -0.4 is 4.74 Å². The minimum Gasteiger partial charge on any atom is -0.473 e. The fourth-order valence-corrected chi connectivity index (χ4v) is 2.84. The van der Waals surface area contributed by atoms with E-state index in [9.17, 15) is 10.1 Å². The van der Waals surface area contributed by atoms with Gasteiger partial charge in [0.2, 0.25) is 0 Å². The molecule has 1 saturated heterocycles. The molecule has 2 heterocycles. The molecule has 0 bridgehead atoms. The highest BCUT2D eigenvalue weighted by molar-refractivity contribution is 9.10. The first-order valence-electron chi connectivity index (χ1n) is 7.28. The Morgan fingerprint density at radius 1 is 1.59 bits per heavy atom. The zero-order valence-corrected chi connectivity index (χ0v) is 14.1. The van der Waals surface area contributed by atoms with Gasteiger partial charge in [0, 0.05) is 36.9 Å². The molecule has 22 heavy (non-hydrogen) atoms. The summed E-state index contributed by atoms with van der Waals surface area (Å²) >= 11 is 3.17. The Morgan fingerprint density at radius 3 is 3.14 bits per heavy atom. The predicted octanol–water partition coefficient (Wildman–Crippen LogP) is 2.63. The monoisotopic (exact) mass is 373 g/mol. The molecule has 8 heteroatoms. The van der Waals surface area contributed by atoms with Gasteiger partial charge in [-0.05, 0) is 41.7 Å². The highest BCUT2D eigenvalue weighted by atomic mass is 79.9. The number of hydrogen-bond donors (Lipinski definition) is 0. The van der Waals surface area contributed by atoms with E-state index in [1.807, 2.05) is 0 Å². The van der Waals surface area contributed by atoms with Gasteiger partial charge in [-0.2, -0.15) is 0 Å². The molecule has 2 rings (SSSR count). The lowest BCUT2D eigenvalue weighted by atomic mass is 10.1. The Hall–Kier alpha value is -1.25. The molecule has 0 N–H and O–H groups in total. The van der Waals surface area contributed by atoms with Crippen molar-refractivity contribution in [3.63, 3.8) is 0 Å². The van der Waals surface area contributed by atoms with Crippen LogP contribution in [-0.2, 0) is 4.74 Å². The van der Waals surface area contributed by atoms with Crippen molar-refractivity contribution in [3.8, 4) is 5.88 Å².